The zero-order valence-electron chi connectivity index (χ0n) is 11.6. The number of aliphatic hydroxyl groups is 1. The number of para-hydroxylation sites is 1. The molecule has 0 atom stereocenters. The van der Waals surface area contributed by atoms with Crippen LogP contribution in [0.25, 0.3) is 0 Å². The Morgan fingerprint density at radius 2 is 2.10 bits per heavy atom. The van der Waals surface area contributed by atoms with Gasteiger partial charge in [-0.15, -0.1) is 0 Å². The largest absolute Gasteiger partial charge is 0.395 e. The van der Waals surface area contributed by atoms with Gasteiger partial charge in [-0.2, -0.15) is 0 Å². The second-order valence-electron chi connectivity index (χ2n) is 4.49. The van der Waals surface area contributed by atoms with E-state index in [1.807, 2.05) is 6.92 Å². The summed E-state index contributed by atoms with van der Waals surface area (Å²) in [5, 5.41) is 12.1. The van der Waals surface area contributed by atoms with Crippen LogP contribution in [-0.4, -0.2) is 37.8 Å². The Morgan fingerprint density at radius 3 is 2.70 bits per heavy atom. The standard InChI is InChI=1S/C14H21F3N2O/c1-2-6-18-9-11-4-3-5-12(15)14(11)19(7-8-20)10-13(16)17/h3-5,13,18,20H,2,6-10H2,1H3. The van der Waals surface area contributed by atoms with Crippen LogP contribution in [0.5, 0.6) is 0 Å². The topological polar surface area (TPSA) is 35.5 Å². The smallest absolute Gasteiger partial charge is 0.255 e. The van der Waals surface area contributed by atoms with E-state index in [4.69, 9.17) is 5.11 Å². The Balaban J connectivity index is 2.97. The highest BCUT2D eigenvalue weighted by molar-refractivity contribution is 5.55. The van der Waals surface area contributed by atoms with Gasteiger partial charge in [0.05, 0.1) is 18.8 Å². The van der Waals surface area contributed by atoms with E-state index in [2.05, 4.69) is 5.32 Å². The van der Waals surface area contributed by atoms with Gasteiger partial charge in [-0.25, -0.2) is 13.2 Å². The third kappa shape index (κ3) is 5.02. The molecule has 2 N–H and O–H groups in total. The number of nitrogens with zero attached hydrogens (tertiary/aromatic N) is 1. The van der Waals surface area contributed by atoms with Crippen LogP contribution in [0.1, 0.15) is 18.9 Å². The van der Waals surface area contributed by atoms with E-state index in [0.29, 0.717) is 12.1 Å². The summed E-state index contributed by atoms with van der Waals surface area (Å²) in [5.41, 5.74) is 0.762. The molecule has 0 amide bonds. The first-order chi connectivity index (χ1) is 9.60. The Hall–Kier alpha value is -1.27. The number of nitrogens with one attached hydrogen (secondary N) is 1. The molecule has 0 aliphatic heterocycles. The minimum absolute atomic E-state index is 0.0218. The van der Waals surface area contributed by atoms with Gasteiger partial charge >= 0.3 is 0 Å². The molecule has 0 aliphatic carbocycles. The van der Waals surface area contributed by atoms with Gasteiger partial charge in [0.1, 0.15) is 5.82 Å². The van der Waals surface area contributed by atoms with Crippen molar-refractivity contribution in [2.75, 3.05) is 31.1 Å². The first-order valence-corrected chi connectivity index (χ1v) is 6.72. The van der Waals surface area contributed by atoms with Crippen molar-refractivity contribution in [2.24, 2.45) is 0 Å². The molecule has 0 radical (unpaired) electrons. The van der Waals surface area contributed by atoms with Crippen molar-refractivity contribution in [3.63, 3.8) is 0 Å². The normalized spacial score (nSPS) is 11.1. The molecule has 114 valence electrons. The lowest BCUT2D eigenvalue weighted by Gasteiger charge is -2.26. The molecule has 0 saturated carbocycles. The van der Waals surface area contributed by atoms with Gasteiger partial charge in [0.15, 0.2) is 0 Å². The predicted octanol–water partition coefficient (Wildman–Crippen LogP) is 2.39. The number of alkyl halides is 2. The van der Waals surface area contributed by atoms with Gasteiger partial charge in [-0.1, -0.05) is 19.1 Å². The highest BCUT2D eigenvalue weighted by Crippen LogP contribution is 2.25. The Kier molecular flexibility index (Phi) is 7.40. The quantitative estimate of drug-likeness (QED) is 0.686. The van der Waals surface area contributed by atoms with Crippen LogP contribution >= 0.6 is 0 Å². The summed E-state index contributed by atoms with van der Waals surface area (Å²) in [6.45, 7) is 2.27. The molecule has 0 bridgehead atoms. The maximum absolute atomic E-state index is 14.0. The fraction of sp³-hybridized carbons (Fsp3) is 0.571. The third-order valence-corrected chi connectivity index (χ3v) is 2.86. The van der Waals surface area contributed by atoms with Crippen LogP contribution in [0.4, 0.5) is 18.9 Å². The lowest BCUT2D eigenvalue weighted by atomic mass is 10.1. The lowest BCUT2D eigenvalue weighted by molar-refractivity contribution is 0.152. The number of aliphatic hydroxyl groups excluding tert-OH is 1. The zero-order valence-corrected chi connectivity index (χ0v) is 11.6. The van der Waals surface area contributed by atoms with E-state index in [9.17, 15) is 13.2 Å². The highest BCUT2D eigenvalue weighted by atomic mass is 19.3. The minimum Gasteiger partial charge on any atom is -0.395 e. The second-order valence-corrected chi connectivity index (χ2v) is 4.49. The molecule has 0 aromatic heterocycles. The molecule has 0 fully saturated rings. The molecule has 0 heterocycles. The van der Waals surface area contributed by atoms with Crippen molar-refractivity contribution in [2.45, 2.75) is 26.3 Å². The molecule has 1 rings (SSSR count). The van der Waals surface area contributed by atoms with E-state index >= 15 is 0 Å². The van der Waals surface area contributed by atoms with Crippen LogP contribution in [-0.2, 0) is 6.54 Å². The summed E-state index contributed by atoms with van der Waals surface area (Å²) >= 11 is 0. The second kappa shape index (κ2) is 8.81. The van der Waals surface area contributed by atoms with E-state index in [-0.39, 0.29) is 18.8 Å². The first kappa shape index (κ1) is 16.8. The molecule has 0 unspecified atom stereocenters. The van der Waals surface area contributed by atoms with Crippen LogP contribution in [0.3, 0.4) is 0 Å². The number of anilines is 1. The van der Waals surface area contributed by atoms with Gasteiger partial charge in [0, 0.05) is 13.1 Å². The molecule has 1 aromatic carbocycles. The van der Waals surface area contributed by atoms with Crippen molar-refractivity contribution < 1.29 is 18.3 Å². The number of halogens is 3. The van der Waals surface area contributed by atoms with Crippen LogP contribution in [0.15, 0.2) is 18.2 Å². The van der Waals surface area contributed by atoms with Crippen molar-refractivity contribution in [3.8, 4) is 0 Å². The fourth-order valence-electron chi connectivity index (χ4n) is 2.04. The predicted molar refractivity (Wildman–Crippen MR) is 73.7 cm³/mol. The number of hydrogen-bond acceptors (Lipinski definition) is 3. The van der Waals surface area contributed by atoms with Crippen molar-refractivity contribution in [1.29, 1.82) is 0 Å². The van der Waals surface area contributed by atoms with E-state index in [1.165, 1.54) is 11.0 Å². The van der Waals surface area contributed by atoms with E-state index in [1.54, 1.807) is 12.1 Å². The SMILES string of the molecule is CCCNCc1cccc(F)c1N(CCO)CC(F)F. The molecule has 6 heteroatoms. The first-order valence-electron chi connectivity index (χ1n) is 6.72. The Morgan fingerprint density at radius 1 is 1.35 bits per heavy atom. The average molecular weight is 290 g/mol. The molecular weight excluding hydrogens is 269 g/mol. The highest BCUT2D eigenvalue weighted by Gasteiger charge is 2.19. The van der Waals surface area contributed by atoms with Crippen LogP contribution in [0.2, 0.25) is 0 Å². The Bertz CT molecular complexity index is 402. The third-order valence-electron chi connectivity index (χ3n) is 2.86. The molecular formula is C14H21F3N2O. The monoisotopic (exact) mass is 290 g/mol. The van der Waals surface area contributed by atoms with Crippen LogP contribution < -0.4 is 10.2 Å². The number of rotatable bonds is 9. The lowest BCUT2D eigenvalue weighted by Crippen LogP contribution is -2.33. The molecule has 20 heavy (non-hydrogen) atoms. The molecule has 0 spiro atoms. The fourth-order valence-corrected chi connectivity index (χ4v) is 2.04. The molecule has 0 saturated heterocycles. The van der Waals surface area contributed by atoms with Gasteiger partial charge in [-0.3, -0.25) is 0 Å². The maximum Gasteiger partial charge on any atom is 0.255 e. The number of benzene rings is 1. The van der Waals surface area contributed by atoms with Crippen LogP contribution in [0, 0.1) is 5.82 Å². The summed E-state index contributed by atoms with van der Waals surface area (Å²) in [6.07, 6.45) is -1.65. The van der Waals surface area contributed by atoms with Gasteiger partial charge < -0.3 is 15.3 Å². The summed E-state index contributed by atoms with van der Waals surface area (Å²) < 4.78 is 39.2. The van der Waals surface area contributed by atoms with Gasteiger partial charge in [0.25, 0.3) is 6.43 Å². The van der Waals surface area contributed by atoms with Gasteiger partial charge in [-0.05, 0) is 24.6 Å². The van der Waals surface area contributed by atoms with Gasteiger partial charge in [0.2, 0.25) is 0 Å². The average Bonchev–Trinajstić information content (AvgIpc) is 2.38. The Labute approximate surface area is 117 Å². The number of hydrogen-bond donors (Lipinski definition) is 2. The molecule has 3 nitrogen and oxygen atoms in total. The maximum atomic E-state index is 14.0. The summed E-state index contributed by atoms with van der Waals surface area (Å²) in [5.74, 6) is -0.546. The van der Waals surface area contributed by atoms with Crippen molar-refractivity contribution >= 4 is 5.69 Å². The van der Waals surface area contributed by atoms with E-state index in [0.717, 1.165) is 13.0 Å². The molecule has 0 aliphatic rings. The van der Waals surface area contributed by atoms with Crippen molar-refractivity contribution in [1.82, 2.24) is 5.32 Å². The van der Waals surface area contributed by atoms with E-state index < -0.39 is 18.8 Å². The van der Waals surface area contributed by atoms with Crippen molar-refractivity contribution in [3.05, 3.63) is 29.6 Å². The zero-order chi connectivity index (χ0) is 15.0. The summed E-state index contributed by atoms with van der Waals surface area (Å²) in [6, 6.07) is 4.51. The molecule has 1 aromatic rings. The minimum atomic E-state index is -2.59. The summed E-state index contributed by atoms with van der Waals surface area (Å²) in [7, 11) is 0. The summed E-state index contributed by atoms with van der Waals surface area (Å²) in [4.78, 5) is 1.20.